The normalized spacial score (nSPS) is 12.4. The second-order valence-electron chi connectivity index (χ2n) is 4.37. The Morgan fingerprint density at radius 2 is 2.00 bits per heavy atom. The molecule has 0 aliphatic rings. The van der Waals surface area contributed by atoms with Gasteiger partial charge in [0, 0.05) is 17.8 Å². The molecule has 0 spiro atoms. The zero-order valence-electron chi connectivity index (χ0n) is 10.7. The fraction of sp³-hybridized carbons (Fsp3) is 0.357. The second-order valence-corrected chi connectivity index (χ2v) is 5.44. The first-order chi connectivity index (χ1) is 8.67. The standard InChI is InChI=1S/C14H18N2OS/c1-10-16-13(9-18-10)8-12(15)7-11-3-5-14(17-2)6-4-11/h3-6,9,12H,7-8,15H2,1-2H3. The minimum absolute atomic E-state index is 0.111. The summed E-state index contributed by atoms with van der Waals surface area (Å²) in [6.45, 7) is 2.02. The van der Waals surface area contributed by atoms with E-state index in [9.17, 15) is 0 Å². The van der Waals surface area contributed by atoms with Crippen molar-refractivity contribution in [1.29, 1.82) is 0 Å². The lowest BCUT2D eigenvalue weighted by Gasteiger charge is -2.10. The maximum absolute atomic E-state index is 6.15. The molecule has 3 nitrogen and oxygen atoms in total. The molecule has 18 heavy (non-hydrogen) atoms. The highest BCUT2D eigenvalue weighted by Gasteiger charge is 2.08. The number of hydrogen-bond acceptors (Lipinski definition) is 4. The van der Waals surface area contributed by atoms with Crippen LogP contribution in [0.2, 0.25) is 0 Å². The van der Waals surface area contributed by atoms with E-state index in [-0.39, 0.29) is 6.04 Å². The number of thiazole rings is 1. The molecule has 0 saturated heterocycles. The Morgan fingerprint density at radius 3 is 2.56 bits per heavy atom. The van der Waals surface area contributed by atoms with Gasteiger partial charge in [0.1, 0.15) is 5.75 Å². The molecule has 0 fully saturated rings. The molecule has 2 rings (SSSR count). The highest BCUT2D eigenvalue weighted by molar-refractivity contribution is 7.09. The topological polar surface area (TPSA) is 48.1 Å². The van der Waals surface area contributed by atoms with Crippen LogP contribution >= 0.6 is 11.3 Å². The van der Waals surface area contributed by atoms with E-state index in [1.54, 1.807) is 18.4 Å². The number of rotatable bonds is 5. The molecule has 0 aliphatic carbocycles. The summed E-state index contributed by atoms with van der Waals surface area (Å²) in [4.78, 5) is 4.44. The van der Waals surface area contributed by atoms with Gasteiger partial charge in [0.15, 0.2) is 0 Å². The summed E-state index contributed by atoms with van der Waals surface area (Å²) in [6.07, 6.45) is 1.69. The van der Waals surface area contributed by atoms with Crippen LogP contribution in [-0.4, -0.2) is 18.1 Å². The minimum atomic E-state index is 0.111. The largest absolute Gasteiger partial charge is 0.497 e. The number of ether oxygens (including phenoxy) is 1. The number of nitrogens with zero attached hydrogens (tertiary/aromatic N) is 1. The van der Waals surface area contributed by atoms with E-state index in [0.29, 0.717) is 0 Å². The van der Waals surface area contributed by atoms with Crippen molar-refractivity contribution in [3.63, 3.8) is 0 Å². The average Bonchev–Trinajstić information content (AvgIpc) is 2.75. The number of aromatic nitrogens is 1. The molecule has 0 aliphatic heterocycles. The van der Waals surface area contributed by atoms with Crippen LogP contribution in [-0.2, 0) is 12.8 Å². The summed E-state index contributed by atoms with van der Waals surface area (Å²) in [7, 11) is 1.67. The van der Waals surface area contributed by atoms with Crippen molar-refractivity contribution in [3.8, 4) is 5.75 Å². The summed E-state index contributed by atoms with van der Waals surface area (Å²) in [6, 6.07) is 8.17. The summed E-state index contributed by atoms with van der Waals surface area (Å²) >= 11 is 1.67. The molecule has 2 aromatic rings. The van der Waals surface area contributed by atoms with Gasteiger partial charge in [0.05, 0.1) is 17.8 Å². The fourth-order valence-corrected chi connectivity index (χ4v) is 2.53. The lowest BCUT2D eigenvalue weighted by Crippen LogP contribution is -2.25. The Morgan fingerprint density at radius 1 is 1.28 bits per heavy atom. The number of methoxy groups -OCH3 is 1. The molecular formula is C14H18N2OS. The molecule has 2 N–H and O–H groups in total. The fourth-order valence-electron chi connectivity index (χ4n) is 1.91. The van der Waals surface area contributed by atoms with Gasteiger partial charge in [0.2, 0.25) is 0 Å². The van der Waals surface area contributed by atoms with E-state index >= 15 is 0 Å². The van der Waals surface area contributed by atoms with Crippen molar-refractivity contribution in [2.45, 2.75) is 25.8 Å². The maximum Gasteiger partial charge on any atom is 0.118 e. The molecule has 1 atom stereocenters. The summed E-state index contributed by atoms with van der Waals surface area (Å²) < 4.78 is 5.13. The van der Waals surface area contributed by atoms with Crippen molar-refractivity contribution >= 4 is 11.3 Å². The molecular weight excluding hydrogens is 244 g/mol. The third kappa shape index (κ3) is 3.55. The first kappa shape index (κ1) is 13.1. The molecule has 1 heterocycles. The van der Waals surface area contributed by atoms with Gasteiger partial charge >= 0.3 is 0 Å². The highest BCUT2D eigenvalue weighted by Crippen LogP contribution is 2.14. The average molecular weight is 262 g/mol. The van der Waals surface area contributed by atoms with Gasteiger partial charge in [-0.3, -0.25) is 0 Å². The summed E-state index contributed by atoms with van der Waals surface area (Å²) in [5.74, 6) is 0.877. The molecule has 0 amide bonds. The Bertz CT molecular complexity index is 493. The number of hydrogen-bond donors (Lipinski definition) is 1. The van der Waals surface area contributed by atoms with Crippen molar-refractivity contribution < 1.29 is 4.74 Å². The van der Waals surface area contributed by atoms with Gasteiger partial charge in [-0.2, -0.15) is 0 Å². The number of aryl methyl sites for hydroxylation is 1. The van der Waals surface area contributed by atoms with E-state index in [2.05, 4.69) is 22.5 Å². The molecule has 1 aromatic heterocycles. The number of benzene rings is 1. The SMILES string of the molecule is COc1ccc(CC(N)Cc2csc(C)n2)cc1. The quantitative estimate of drug-likeness (QED) is 0.901. The Labute approximate surface area is 112 Å². The Hall–Kier alpha value is -1.39. The van der Waals surface area contributed by atoms with E-state index in [1.165, 1.54) is 5.56 Å². The molecule has 1 unspecified atom stereocenters. The molecule has 0 radical (unpaired) electrons. The maximum atomic E-state index is 6.15. The van der Waals surface area contributed by atoms with Crippen LogP contribution in [0.5, 0.6) is 5.75 Å². The first-order valence-electron chi connectivity index (χ1n) is 5.97. The lowest BCUT2D eigenvalue weighted by molar-refractivity contribution is 0.414. The van der Waals surface area contributed by atoms with Crippen LogP contribution in [0.25, 0.3) is 0 Å². The minimum Gasteiger partial charge on any atom is -0.497 e. The molecule has 96 valence electrons. The van der Waals surface area contributed by atoms with E-state index in [0.717, 1.165) is 29.3 Å². The zero-order valence-corrected chi connectivity index (χ0v) is 11.5. The zero-order chi connectivity index (χ0) is 13.0. The van der Waals surface area contributed by atoms with E-state index in [1.807, 2.05) is 19.1 Å². The van der Waals surface area contributed by atoms with E-state index in [4.69, 9.17) is 10.5 Å². The third-order valence-electron chi connectivity index (χ3n) is 2.79. The smallest absolute Gasteiger partial charge is 0.118 e. The molecule has 4 heteroatoms. The molecule has 1 aromatic carbocycles. The van der Waals surface area contributed by atoms with Gasteiger partial charge < -0.3 is 10.5 Å². The second kappa shape index (κ2) is 5.98. The van der Waals surface area contributed by atoms with Crippen molar-refractivity contribution in [2.24, 2.45) is 5.73 Å². The summed E-state index contributed by atoms with van der Waals surface area (Å²) in [5.41, 5.74) is 8.48. The van der Waals surface area contributed by atoms with Gasteiger partial charge in [-0.15, -0.1) is 11.3 Å². The summed E-state index contributed by atoms with van der Waals surface area (Å²) in [5, 5.41) is 3.19. The van der Waals surface area contributed by atoms with E-state index < -0.39 is 0 Å². The van der Waals surface area contributed by atoms with Crippen LogP contribution in [0, 0.1) is 6.92 Å². The van der Waals surface area contributed by atoms with Crippen LogP contribution < -0.4 is 10.5 Å². The Balaban J connectivity index is 1.91. The van der Waals surface area contributed by atoms with Gasteiger partial charge in [-0.05, 0) is 31.0 Å². The predicted octanol–water partition coefficient (Wildman–Crippen LogP) is 2.57. The van der Waals surface area contributed by atoms with Crippen LogP contribution in [0.3, 0.4) is 0 Å². The van der Waals surface area contributed by atoms with Gasteiger partial charge in [-0.25, -0.2) is 4.98 Å². The number of nitrogens with two attached hydrogens (primary N) is 1. The third-order valence-corrected chi connectivity index (χ3v) is 3.62. The van der Waals surface area contributed by atoms with Crippen molar-refractivity contribution in [1.82, 2.24) is 4.98 Å². The van der Waals surface area contributed by atoms with Crippen LogP contribution in [0.1, 0.15) is 16.3 Å². The Kier molecular flexibility index (Phi) is 4.33. The van der Waals surface area contributed by atoms with Crippen LogP contribution in [0.15, 0.2) is 29.6 Å². The van der Waals surface area contributed by atoms with Gasteiger partial charge in [-0.1, -0.05) is 12.1 Å². The molecule has 0 saturated carbocycles. The predicted molar refractivity (Wildman–Crippen MR) is 75.2 cm³/mol. The van der Waals surface area contributed by atoms with Crippen LogP contribution in [0.4, 0.5) is 0 Å². The van der Waals surface area contributed by atoms with Gasteiger partial charge in [0.25, 0.3) is 0 Å². The molecule has 0 bridgehead atoms. The monoisotopic (exact) mass is 262 g/mol. The lowest BCUT2D eigenvalue weighted by atomic mass is 10.0. The highest BCUT2D eigenvalue weighted by atomic mass is 32.1. The van der Waals surface area contributed by atoms with Crippen molar-refractivity contribution in [2.75, 3.05) is 7.11 Å². The van der Waals surface area contributed by atoms with Crippen molar-refractivity contribution in [3.05, 3.63) is 45.9 Å². The first-order valence-corrected chi connectivity index (χ1v) is 6.85.